The van der Waals surface area contributed by atoms with Crippen LogP contribution in [-0.4, -0.2) is 76.9 Å². The van der Waals surface area contributed by atoms with Gasteiger partial charge in [-0.2, -0.15) is 0 Å². The van der Waals surface area contributed by atoms with E-state index in [1.54, 1.807) is 20.0 Å². The quantitative estimate of drug-likeness (QED) is 0.552. The van der Waals surface area contributed by atoms with Gasteiger partial charge in [0.15, 0.2) is 0 Å². The fourth-order valence-corrected chi connectivity index (χ4v) is 6.95. The number of aromatic amines is 1. The number of aromatic nitrogens is 1. The summed E-state index contributed by atoms with van der Waals surface area (Å²) in [4.78, 5) is 35.1. The third-order valence-electron chi connectivity index (χ3n) is 9.04. The summed E-state index contributed by atoms with van der Waals surface area (Å²) in [6.45, 7) is 9.43. The van der Waals surface area contributed by atoms with Gasteiger partial charge in [-0.05, 0) is 62.4 Å². The van der Waals surface area contributed by atoms with Crippen LogP contribution in [0.4, 0.5) is 4.39 Å². The van der Waals surface area contributed by atoms with E-state index in [9.17, 15) is 14.0 Å². The second-order valence-corrected chi connectivity index (χ2v) is 12.4. The summed E-state index contributed by atoms with van der Waals surface area (Å²) < 4.78 is 13.9. The molecule has 202 valence electrons. The number of carbonyl (C=O) groups excluding carboxylic acids is 2. The Morgan fingerprint density at radius 2 is 1.89 bits per heavy atom. The third kappa shape index (κ3) is 4.78. The second-order valence-electron chi connectivity index (χ2n) is 12.4. The first-order valence-electron chi connectivity index (χ1n) is 13.9. The Hall–Kier alpha value is -2.45. The van der Waals surface area contributed by atoms with Crippen molar-refractivity contribution < 1.29 is 14.0 Å². The van der Waals surface area contributed by atoms with E-state index in [1.807, 2.05) is 33.0 Å². The van der Waals surface area contributed by atoms with E-state index in [4.69, 9.17) is 0 Å². The molecule has 3 aliphatic rings. The lowest BCUT2D eigenvalue weighted by Crippen LogP contribution is -2.59. The highest BCUT2D eigenvalue weighted by Gasteiger charge is 2.54. The average Bonchev–Trinajstić information content (AvgIpc) is 3.64. The SMILES string of the molecule is CN[C@@H](C)C(=O)N[C@H](C(=O)N1CC[C@@H]2[C@H]1[C@@H](c1c[nH]c3cc(F)ccc13)CN2C1CCCC1)C(C)(C)C. The molecular formula is C29H42FN5O2. The van der Waals surface area contributed by atoms with Gasteiger partial charge in [0.25, 0.3) is 0 Å². The number of carbonyl (C=O) groups is 2. The number of rotatable bonds is 6. The predicted octanol–water partition coefficient (Wildman–Crippen LogP) is 3.76. The summed E-state index contributed by atoms with van der Waals surface area (Å²) in [5.41, 5.74) is 1.52. The van der Waals surface area contributed by atoms with Gasteiger partial charge in [0.1, 0.15) is 11.9 Å². The van der Waals surface area contributed by atoms with Crippen molar-refractivity contribution in [3.8, 4) is 0 Å². The van der Waals surface area contributed by atoms with Gasteiger partial charge in [0, 0.05) is 48.2 Å². The molecule has 2 saturated heterocycles. The Labute approximate surface area is 219 Å². The lowest BCUT2D eigenvalue weighted by atomic mass is 9.84. The first-order valence-corrected chi connectivity index (χ1v) is 13.9. The highest BCUT2D eigenvalue weighted by Crippen LogP contribution is 2.46. The van der Waals surface area contributed by atoms with E-state index in [-0.39, 0.29) is 35.6 Å². The van der Waals surface area contributed by atoms with Gasteiger partial charge in [-0.25, -0.2) is 4.39 Å². The second kappa shape index (κ2) is 10.0. The van der Waals surface area contributed by atoms with Crippen LogP contribution >= 0.6 is 0 Å². The smallest absolute Gasteiger partial charge is 0.246 e. The van der Waals surface area contributed by atoms with Crippen LogP contribution < -0.4 is 10.6 Å². The Bertz CT molecular complexity index is 1150. The van der Waals surface area contributed by atoms with Gasteiger partial charge < -0.3 is 20.5 Å². The maximum atomic E-state index is 14.2. The maximum absolute atomic E-state index is 14.2. The van der Waals surface area contributed by atoms with Crippen LogP contribution in [0.15, 0.2) is 24.4 Å². The zero-order valence-corrected chi connectivity index (χ0v) is 22.8. The van der Waals surface area contributed by atoms with Crippen LogP contribution in [0.25, 0.3) is 10.9 Å². The van der Waals surface area contributed by atoms with Crippen LogP contribution in [0.3, 0.4) is 0 Å². The van der Waals surface area contributed by atoms with Crippen molar-refractivity contribution in [2.24, 2.45) is 5.41 Å². The fraction of sp³-hybridized carbons (Fsp3) is 0.655. The molecule has 1 aromatic heterocycles. The van der Waals surface area contributed by atoms with E-state index >= 15 is 0 Å². The van der Waals surface area contributed by atoms with Crippen LogP contribution in [0, 0.1) is 11.2 Å². The van der Waals surface area contributed by atoms with E-state index in [0.717, 1.165) is 29.4 Å². The van der Waals surface area contributed by atoms with Crippen molar-refractivity contribution in [1.82, 2.24) is 25.4 Å². The largest absolute Gasteiger partial charge is 0.361 e. The molecule has 0 unspecified atom stereocenters. The molecule has 37 heavy (non-hydrogen) atoms. The van der Waals surface area contributed by atoms with Crippen molar-refractivity contribution >= 4 is 22.7 Å². The molecule has 3 fully saturated rings. The highest BCUT2D eigenvalue weighted by atomic mass is 19.1. The van der Waals surface area contributed by atoms with Crippen molar-refractivity contribution in [2.45, 2.75) is 95.9 Å². The molecular weight excluding hydrogens is 469 g/mol. The molecule has 5 rings (SSSR count). The Morgan fingerprint density at radius 3 is 2.57 bits per heavy atom. The molecule has 0 radical (unpaired) electrons. The number of benzene rings is 1. The number of likely N-dealkylation sites (tertiary alicyclic amines) is 2. The van der Waals surface area contributed by atoms with Crippen molar-refractivity contribution in [3.63, 3.8) is 0 Å². The summed E-state index contributed by atoms with van der Waals surface area (Å²) in [6, 6.07) is 4.82. The number of likely N-dealkylation sites (N-methyl/N-ethyl adjacent to an activating group) is 1. The minimum Gasteiger partial charge on any atom is -0.361 e. The average molecular weight is 512 g/mol. The van der Waals surface area contributed by atoms with Gasteiger partial charge in [-0.1, -0.05) is 33.6 Å². The van der Waals surface area contributed by atoms with Crippen LogP contribution in [-0.2, 0) is 9.59 Å². The zero-order valence-electron chi connectivity index (χ0n) is 22.8. The normalized spacial score (nSPS) is 26.5. The summed E-state index contributed by atoms with van der Waals surface area (Å²) in [5, 5.41) is 7.07. The maximum Gasteiger partial charge on any atom is 0.246 e. The minimum atomic E-state index is -0.618. The number of amides is 2. The first kappa shape index (κ1) is 26.2. The number of nitrogens with one attached hydrogen (secondary N) is 3. The molecule has 0 bridgehead atoms. The monoisotopic (exact) mass is 511 g/mol. The van der Waals surface area contributed by atoms with Crippen molar-refractivity contribution in [2.75, 3.05) is 20.1 Å². The van der Waals surface area contributed by atoms with Gasteiger partial charge in [0.05, 0.1) is 12.1 Å². The summed E-state index contributed by atoms with van der Waals surface area (Å²) >= 11 is 0. The van der Waals surface area contributed by atoms with E-state index in [2.05, 4.69) is 25.4 Å². The molecule has 2 aromatic rings. The first-order chi connectivity index (χ1) is 17.6. The highest BCUT2D eigenvalue weighted by molar-refractivity contribution is 5.91. The van der Waals surface area contributed by atoms with Gasteiger partial charge in [0.2, 0.25) is 11.8 Å². The molecule has 2 amide bonds. The predicted molar refractivity (Wildman–Crippen MR) is 144 cm³/mol. The number of H-pyrrole nitrogens is 1. The number of fused-ring (bicyclic) bond motifs is 2. The Morgan fingerprint density at radius 1 is 1.16 bits per heavy atom. The van der Waals surface area contributed by atoms with E-state index in [0.29, 0.717) is 18.6 Å². The van der Waals surface area contributed by atoms with Gasteiger partial charge >= 0.3 is 0 Å². The number of hydrogen-bond acceptors (Lipinski definition) is 4. The Balaban J connectivity index is 1.50. The zero-order chi connectivity index (χ0) is 26.5. The molecule has 1 aromatic carbocycles. The molecule has 0 spiro atoms. The lowest BCUT2D eigenvalue weighted by Gasteiger charge is -2.37. The molecule has 3 heterocycles. The van der Waals surface area contributed by atoms with Gasteiger partial charge in [-0.3, -0.25) is 14.5 Å². The van der Waals surface area contributed by atoms with Crippen molar-refractivity contribution in [3.05, 3.63) is 35.8 Å². The standard InChI is InChI=1S/C29H42FN5O2/c1-17(31-5)27(36)33-26(29(2,3)4)28(37)34-13-12-24-25(34)22(16-35(24)19-8-6-7-9-19)21-15-32-23-14-18(30)10-11-20(21)23/h10-11,14-15,17,19,22,24-26,31-32H,6-9,12-13,16H2,1-5H3,(H,33,36)/t17-,22+,24+,25+,26+/m0/s1. The molecule has 2 aliphatic heterocycles. The lowest BCUT2D eigenvalue weighted by molar-refractivity contribution is -0.140. The fourth-order valence-electron chi connectivity index (χ4n) is 6.95. The molecule has 5 atom stereocenters. The summed E-state index contributed by atoms with van der Waals surface area (Å²) in [6.07, 6.45) is 7.91. The topological polar surface area (TPSA) is 80.5 Å². The van der Waals surface area contributed by atoms with Crippen LogP contribution in [0.1, 0.15) is 71.3 Å². The minimum absolute atomic E-state index is 0.000751. The molecule has 3 N–H and O–H groups in total. The molecule has 1 saturated carbocycles. The van der Waals surface area contributed by atoms with Crippen LogP contribution in [0.2, 0.25) is 0 Å². The summed E-state index contributed by atoms with van der Waals surface area (Å²) in [7, 11) is 1.75. The van der Waals surface area contributed by atoms with E-state index < -0.39 is 11.5 Å². The van der Waals surface area contributed by atoms with Crippen LogP contribution in [0.5, 0.6) is 0 Å². The molecule has 8 heteroatoms. The van der Waals surface area contributed by atoms with Gasteiger partial charge in [-0.15, -0.1) is 0 Å². The number of hydrogen-bond donors (Lipinski definition) is 3. The Kier molecular flexibility index (Phi) is 7.09. The molecule has 1 aliphatic carbocycles. The summed E-state index contributed by atoms with van der Waals surface area (Å²) in [5.74, 6) is -0.291. The van der Waals surface area contributed by atoms with Crippen molar-refractivity contribution in [1.29, 1.82) is 0 Å². The van der Waals surface area contributed by atoms with E-state index in [1.165, 1.54) is 31.7 Å². The third-order valence-corrected chi connectivity index (χ3v) is 9.04. The number of halogens is 1. The molecule has 7 nitrogen and oxygen atoms in total. The number of nitrogens with zero attached hydrogens (tertiary/aromatic N) is 2.